The maximum atomic E-state index is 11.6. The first-order chi connectivity index (χ1) is 11.1. The minimum atomic E-state index is -1.27. The van der Waals surface area contributed by atoms with Crippen molar-refractivity contribution in [2.24, 2.45) is 0 Å². The second kappa shape index (κ2) is 6.79. The van der Waals surface area contributed by atoms with Crippen molar-refractivity contribution in [3.63, 3.8) is 0 Å². The summed E-state index contributed by atoms with van der Waals surface area (Å²) >= 11 is 5.77. The van der Waals surface area contributed by atoms with Crippen LogP contribution in [0.25, 0.3) is 0 Å². The molecule has 0 saturated carbocycles. The van der Waals surface area contributed by atoms with Gasteiger partial charge in [0.25, 0.3) is 0 Å². The van der Waals surface area contributed by atoms with E-state index in [-0.39, 0.29) is 0 Å². The van der Waals surface area contributed by atoms with Crippen molar-refractivity contribution < 1.29 is 5.11 Å². The Morgan fingerprint density at radius 2 is 1.30 bits per heavy atom. The van der Waals surface area contributed by atoms with Crippen LogP contribution in [0.3, 0.4) is 0 Å². The van der Waals surface area contributed by atoms with E-state index >= 15 is 0 Å². The molecule has 0 spiro atoms. The normalized spacial score (nSPS) is 16.3. The van der Waals surface area contributed by atoms with Crippen LogP contribution in [0.5, 0.6) is 0 Å². The highest BCUT2D eigenvalue weighted by Gasteiger charge is 2.39. The summed E-state index contributed by atoms with van der Waals surface area (Å²) in [6, 6.07) is 19.4. The second-order valence-electron chi connectivity index (χ2n) is 6.04. The molecular weight excluding hydrogens is 304 g/mol. The van der Waals surface area contributed by atoms with Gasteiger partial charge in [-0.3, -0.25) is 0 Å². The number of piperazine rings is 1. The Balaban J connectivity index is 2.01. The van der Waals surface area contributed by atoms with Crippen molar-refractivity contribution in [2.75, 3.05) is 33.2 Å². The summed E-state index contributed by atoms with van der Waals surface area (Å²) in [6.45, 7) is 3.61. The van der Waals surface area contributed by atoms with Crippen molar-refractivity contribution in [1.29, 1.82) is 0 Å². The third-order valence-electron chi connectivity index (χ3n) is 4.48. The van der Waals surface area contributed by atoms with Gasteiger partial charge in [-0.25, -0.2) is 0 Å². The van der Waals surface area contributed by atoms with Gasteiger partial charge in [-0.15, -0.1) is 0 Å². The molecule has 0 amide bonds. The largest absolute Gasteiger partial charge is 0.374 e. The molecule has 1 saturated heterocycles. The SMILES string of the molecule is CN1CCN(C(=S)C(O)(c2ccccc2)c2ccccc2)CC1. The fraction of sp³-hybridized carbons (Fsp3) is 0.316. The maximum absolute atomic E-state index is 11.6. The summed E-state index contributed by atoms with van der Waals surface area (Å²) in [7, 11) is 2.11. The van der Waals surface area contributed by atoms with Crippen LogP contribution in [-0.4, -0.2) is 53.1 Å². The number of rotatable bonds is 3. The number of thiocarbonyl (C=S) groups is 1. The summed E-state index contributed by atoms with van der Waals surface area (Å²) < 4.78 is 0. The molecule has 2 aromatic rings. The second-order valence-corrected chi connectivity index (χ2v) is 6.42. The van der Waals surface area contributed by atoms with E-state index in [0.717, 1.165) is 37.3 Å². The molecule has 0 atom stereocenters. The van der Waals surface area contributed by atoms with Crippen molar-refractivity contribution in [2.45, 2.75) is 5.60 Å². The molecule has 1 fully saturated rings. The monoisotopic (exact) mass is 326 g/mol. The van der Waals surface area contributed by atoms with E-state index in [2.05, 4.69) is 16.8 Å². The maximum Gasteiger partial charge on any atom is 0.165 e. The first-order valence-corrected chi connectivity index (χ1v) is 8.34. The quantitative estimate of drug-likeness (QED) is 0.877. The molecule has 3 rings (SSSR count). The predicted octanol–water partition coefficient (Wildman–Crippen LogP) is 2.50. The van der Waals surface area contributed by atoms with Crippen molar-refractivity contribution in [3.05, 3.63) is 71.8 Å². The number of aliphatic hydroxyl groups is 1. The molecule has 1 heterocycles. The predicted molar refractivity (Wildman–Crippen MR) is 97.6 cm³/mol. The molecule has 0 aliphatic carbocycles. The molecule has 0 radical (unpaired) electrons. The lowest BCUT2D eigenvalue weighted by Crippen LogP contribution is -2.53. The van der Waals surface area contributed by atoms with E-state index in [1.54, 1.807) is 0 Å². The Bertz CT molecular complexity index is 612. The molecule has 0 unspecified atom stereocenters. The molecule has 2 aromatic carbocycles. The lowest BCUT2D eigenvalue weighted by Gasteiger charge is -2.40. The third kappa shape index (κ3) is 3.15. The van der Waals surface area contributed by atoms with Gasteiger partial charge in [0.2, 0.25) is 0 Å². The van der Waals surface area contributed by atoms with Crippen LogP contribution in [0.4, 0.5) is 0 Å². The Labute approximate surface area is 143 Å². The molecule has 4 heteroatoms. The highest BCUT2D eigenvalue weighted by molar-refractivity contribution is 7.80. The van der Waals surface area contributed by atoms with Gasteiger partial charge in [-0.2, -0.15) is 0 Å². The van der Waals surface area contributed by atoms with Crippen LogP contribution in [0, 0.1) is 0 Å². The highest BCUT2D eigenvalue weighted by atomic mass is 32.1. The van der Waals surface area contributed by atoms with Crippen LogP contribution < -0.4 is 0 Å². The van der Waals surface area contributed by atoms with Gasteiger partial charge in [-0.1, -0.05) is 72.9 Å². The number of nitrogens with zero attached hydrogens (tertiary/aromatic N) is 2. The van der Waals surface area contributed by atoms with E-state index in [1.807, 2.05) is 60.7 Å². The van der Waals surface area contributed by atoms with Crippen LogP contribution in [0.2, 0.25) is 0 Å². The first kappa shape index (κ1) is 16.1. The molecule has 3 nitrogen and oxygen atoms in total. The lowest BCUT2D eigenvalue weighted by molar-refractivity contribution is 0.128. The van der Waals surface area contributed by atoms with Gasteiger partial charge < -0.3 is 14.9 Å². The van der Waals surface area contributed by atoms with Gasteiger partial charge in [0.1, 0.15) is 4.99 Å². The average molecular weight is 326 g/mol. The van der Waals surface area contributed by atoms with Crippen molar-refractivity contribution in [3.8, 4) is 0 Å². The molecule has 1 aliphatic heterocycles. The van der Waals surface area contributed by atoms with Gasteiger partial charge in [0.05, 0.1) is 0 Å². The Kier molecular flexibility index (Phi) is 4.76. The zero-order chi connectivity index (χ0) is 16.3. The van der Waals surface area contributed by atoms with E-state index < -0.39 is 5.60 Å². The Hall–Kier alpha value is -1.75. The summed E-state index contributed by atoms with van der Waals surface area (Å²) in [5.74, 6) is 0. The minimum Gasteiger partial charge on any atom is -0.374 e. The Morgan fingerprint density at radius 1 is 0.870 bits per heavy atom. The zero-order valence-electron chi connectivity index (χ0n) is 13.4. The van der Waals surface area contributed by atoms with Crippen LogP contribution >= 0.6 is 12.2 Å². The van der Waals surface area contributed by atoms with Gasteiger partial charge in [0.15, 0.2) is 5.60 Å². The van der Waals surface area contributed by atoms with E-state index in [1.165, 1.54) is 0 Å². The molecule has 1 N–H and O–H groups in total. The number of likely N-dealkylation sites (N-methyl/N-ethyl adjacent to an activating group) is 1. The molecular formula is C19H22N2OS. The first-order valence-electron chi connectivity index (χ1n) is 7.93. The topological polar surface area (TPSA) is 26.7 Å². The van der Waals surface area contributed by atoms with Gasteiger partial charge in [0, 0.05) is 26.2 Å². The minimum absolute atomic E-state index is 0.586. The van der Waals surface area contributed by atoms with Crippen LogP contribution in [0.15, 0.2) is 60.7 Å². The van der Waals surface area contributed by atoms with Crippen molar-refractivity contribution >= 4 is 17.2 Å². The fourth-order valence-corrected chi connectivity index (χ4v) is 3.43. The number of benzene rings is 2. The molecule has 0 bridgehead atoms. The number of hydrogen-bond donors (Lipinski definition) is 1. The molecule has 0 aromatic heterocycles. The van der Waals surface area contributed by atoms with Crippen LogP contribution in [0.1, 0.15) is 11.1 Å². The van der Waals surface area contributed by atoms with Crippen molar-refractivity contribution in [1.82, 2.24) is 9.80 Å². The smallest absolute Gasteiger partial charge is 0.165 e. The van der Waals surface area contributed by atoms with E-state index in [9.17, 15) is 5.11 Å². The molecule has 1 aliphatic rings. The van der Waals surface area contributed by atoms with Gasteiger partial charge >= 0.3 is 0 Å². The summed E-state index contributed by atoms with van der Waals surface area (Å²) in [5.41, 5.74) is 0.360. The van der Waals surface area contributed by atoms with Crippen LogP contribution in [-0.2, 0) is 5.60 Å². The lowest BCUT2D eigenvalue weighted by atomic mass is 9.85. The standard InChI is InChI=1S/C19H22N2OS/c1-20-12-14-21(15-13-20)18(23)19(22,16-8-4-2-5-9-16)17-10-6-3-7-11-17/h2-11,22H,12-15H2,1H3. The summed E-state index contributed by atoms with van der Waals surface area (Å²) in [4.78, 5) is 5.00. The van der Waals surface area contributed by atoms with Gasteiger partial charge in [-0.05, 0) is 18.2 Å². The Morgan fingerprint density at radius 3 is 1.74 bits per heavy atom. The highest BCUT2D eigenvalue weighted by Crippen LogP contribution is 2.33. The number of hydrogen-bond acceptors (Lipinski definition) is 3. The van der Waals surface area contributed by atoms with E-state index in [0.29, 0.717) is 4.99 Å². The molecule has 120 valence electrons. The summed E-state index contributed by atoms with van der Waals surface area (Å²) in [5, 5.41) is 11.6. The van der Waals surface area contributed by atoms with E-state index in [4.69, 9.17) is 12.2 Å². The average Bonchev–Trinajstić information content (AvgIpc) is 2.62. The fourth-order valence-electron chi connectivity index (χ4n) is 3.01. The molecule has 23 heavy (non-hydrogen) atoms. The zero-order valence-corrected chi connectivity index (χ0v) is 14.2. The summed E-state index contributed by atoms with van der Waals surface area (Å²) in [6.07, 6.45) is 0. The third-order valence-corrected chi connectivity index (χ3v) is 5.04.